The molecule has 11 heteroatoms. The summed E-state index contributed by atoms with van der Waals surface area (Å²) < 4.78 is 37.9. The van der Waals surface area contributed by atoms with E-state index in [1.54, 1.807) is 57.3 Å². The number of methoxy groups -OCH3 is 4. The molecule has 0 spiro atoms. The van der Waals surface area contributed by atoms with Gasteiger partial charge in [-0.25, -0.2) is 4.79 Å². The number of rotatable bonds is 8. The van der Waals surface area contributed by atoms with Crippen LogP contribution in [0.2, 0.25) is 0 Å². The lowest BCUT2D eigenvalue weighted by molar-refractivity contribution is 0.141. The first-order valence-corrected chi connectivity index (χ1v) is 11.8. The summed E-state index contributed by atoms with van der Waals surface area (Å²) in [5, 5.41) is 10.4. The van der Waals surface area contributed by atoms with Gasteiger partial charge in [0.2, 0.25) is 5.88 Å². The molecule has 5 aromatic rings. The minimum atomic E-state index is -1.45. The number of carbonyl (C=O) groups is 1. The van der Waals surface area contributed by atoms with E-state index >= 15 is 0 Å². The summed E-state index contributed by atoms with van der Waals surface area (Å²) in [6.45, 7) is 0.218. The normalized spacial score (nSPS) is 11.0. The summed E-state index contributed by atoms with van der Waals surface area (Å²) in [5.74, 6) is 2.35. The molecule has 0 bridgehead atoms. The highest BCUT2D eigenvalue weighted by atomic mass is 32.1. The first-order chi connectivity index (χ1) is 18.0. The Labute approximate surface area is 215 Å². The molecule has 0 amide bonds. The van der Waals surface area contributed by atoms with Crippen molar-refractivity contribution < 1.29 is 33.6 Å². The molecule has 0 atom stereocenters. The van der Waals surface area contributed by atoms with E-state index in [4.69, 9.17) is 23.7 Å². The van der Waals surface area contributed by atoms with Gasteiger partial charge in [-0.2, -0.15) is 8.75 Å². The van der Waals surface area contributed by atoms with Crippen molar-refractivity contribution in [3.8, 4) is 40.0 Å². The van der Waals surface area contributed by atoms with Gasteiger partial charge in [-0.05, 0) is 42.0 Å². The molecule has 37 heavy (non-hydrogen) atoms. The minimum Gasteiger partial charge on any atom is -0.497 e. The highest BCUT2D eigenvalue weighted by molar-refractivity contribution is 7.00. The molecule has 0 saturated heterocycles. The molecule has 3 aromatic carbocycles. The minimum absolute atomic E-state index is 0.130. The van der Waals surface area contributed by atoms with Gasteiger partial charge in [0.15, 0.2) is 11.5 Å². The number of carboxylic acid groups (broad SMARTS) is 1. The highest BCUT2D eigenvalue weighted by Crippen LogP contribution is 2.46. The predicted octanol–water partition coefficient (Wildman–Crippen LogP) is 5.45. The van der Waals surface area contributed by atoms with Crippen LogP contribution in [0.15, 0.2) is 48.5 Å². The van der Waals surface area contributed by atoms with Crippen molar-refractivity contribution in [2.45, 2.75) is 6.54 Å². The monoisotopic (exact) mass is 521 g/mol. The first-order valence-electron chi connectivity index (χ1n) is 11.1. The highest BCUT2D eigenvalue weighted by Gasteiger charge is 2.26. The molecule has 0 aliphatic heterocycles. The number of aromatic nitrogens is 3. The molecule has 0 aliphatic carbocycles. The van der Waals surface area contributed by atoms with E-state index in [0.29, 0.717) is 50.5 Å². The Morgan fingerprint density at radius 2 is 1.59 bits per heavy atom. The first kappa shape index (κ1) is 24.2. The van der Waals surface area contributed by atoms with Gasteiger partial charge in [0.05, 0.1) is 57.8 Å². The molecule has 10 nitrogen and oxygen atoms in total. The predicted molar refractivity (Wildman–Crippen MR) is 139 cm³/mol. The van der Waals surface area contributed by atoms with Crippen LogP contribution >= 0.6 is 11.7 Å². The summed E-state index contributed by atoms with van der Waals surface area (Å²) in [4.78, 5) is 11.9. The van der Waals surface area contributed by atoms with Gasteiger partial charge in [-0.3, -0.25) is 0 Å². The van der Waals surface area contributed by atoms with Crippen LogP contribution < -0.4 is 23.7 Å². The van der Waals surface area contributed by atoms with Gasteiger partial charge in [0.25, 0.3) is 0 Å². The molecule has 2 heterocycles. The van der Waals surface area contributed by atoms with Crippen LogP contribution in [0.5, 0.6) is 28.9 Å². The van der Waals surface area contributed by atoms with Crippen LogP contribution in [0.1, 0.15) is 5.56 Å². The van der Waals surface area contributed by atoms with E-state index < -0.39 is 6.16 Å². The van der Waals surface area contributed by atoms with E-state index in [0.717, 1.165) is 22.8 Å². The van der Waals surface area contributed by atoms with Gasteiger partial charge in [-0.1, -0.05) is 6.07 Å². The molecule has 0 unspecified atom stereocenters. The van der Waals surface area contributed by atoms with Crippen molar-refractivity contribution in [3.63, 3.8) is 0 Å². The Balaban J connectivity index is 1.84. The topological polar surface area (TPSA) is 114 Å². The van der Waals surface area contributed by atoms with Crippen molar-refractivity contribution in [2.75, 3.05) is 28.4 Å². The number of fused-ring (bicyclic) bond motifs is 2. The van der Waals surface area contributed by atoms with Crippen LogP contribution in [0, 0.1) is 0 Å². The van der Waals surface area contributed by atoms with Crippen LogP contribution in [-0.4, -0.2) is 53.0 Å². The third-order valence-corrected chi connectivity index (χ3v) is 6.62. The molecule has 5 rings (SSSR count). The second-order valence-corrected chi connectivity index (χ2v) is 8.53. The zero-order chi connectivity index (χ0) is 26.1. The van der Waals surface area contributed by atoms with Gasteiger partial charge in [0.1, 0.15) is 22.5 Å². The maximum atomic E-state index is 11.9. The lowest BCUT2D eigenvalue weighted by Crippen LogP contribution is -2.10. The zero-order valence-corrected chi connectivity index (χ0v) is 21.3. The van der Waals surface area contributed by atoms with E-state index in [1.807, 2.05) is 24.3 Å². The number of benzene rings is 3. The van der Waals surface area contributed by atoms with Crippen molar-refractivity contribution in [3.05, 3.63) is 54.1 Å². The average molecular weight is 522 g/mol. The Hall–Kier alpha value is -4.51. The fourth-order valence-corrected chi connectivity index (χ4v) is 4.91. The largest absolute Gasteiger partial charge is 0.512 e. The third kappa shape index (κ3) is 4.33. The lowest BCUT2D eigenvalue weighted by Gasteiger charge is -2.15. The van der Waals surface area contributed by atoms with Crippen molar-refractivity contribution in [1.82, 2.24) is 13.3 Å². The van der Waals surface area contributed by atoms with Gasteiger partial charge >= 0.3 is 6.16 Å². The van der Waals surface area contributed by atoms with Gasteiger partial charge < -0.3 is 33.4 Å². The van der Waals surface area contributed by atoms with Crippen molar-refractivity contribution >= 4 is 39.8 Å². The van der Waals surface area contributed by atoms with Crippen LogP contribution in [0.25, 0.3) is 33.1 Å². The summed E-state index contributed by atoms with van der Waals surface area (Å²) in [5.41, 5.74) is 4.15. The average Bonchev–Trinajstić information content (AvgIpc) is 3.49. The van der Waals surface area contributed by atoms with E-state index in [2.05, 4.69) is 8.75 Å². The SMILES string of the molecule is COc1ccc(OC)c(Cn2c(OC(=O)O)c(-c3ccc4nsnc4c3)c3cc(OC)c(OC)cc32)c1. The van der Waals surface area contributed by atoms with Crippen LogP contribution in [0.4, 0.5) is 4.79 Å². The van der Waals surface area contributed by atoms with Gasteiger partial charge in [-0.15, -0.1) is 0 Å². The molecule has 0 radical (unpaired) electrons. The molecular formula is C26H23N3O7S. The maximum Gasteiger partial charge on any atom is 0.512 e. The molecule has 2 aromatic heterocycles. The van der Waals surface area contributed by atoms with Crippen LogP contribution in [-0.2, 0) is 6.54 Å². The standard InChI is InChI=1S/C26H23N3O7S/c1-32-16-6-8-21(33-2)15(9-16)13-29-20-12-23(35-4)22(34-3)11-17(20)24(25(29)36-26(30)31)14-5-7-18-19(10-14)28-37-27-18/h5-12H,13H2,1-4H3,(H,30,31). The van der Waals surface area contributed by atoms with Crippen molar-refractivity contribution in [1.29, 1.82) is 0 Å². The molecule has 190 valence electrons. The Morgan fingerprint density at radius 3 is 2.30 bits per heavy atom. The van der Waals surface area contributed by atoms with E-state index in [-0.39, 0.29) is 12.4 Å². The molecular weight excluding hydrogens is 498 g/mol. The second kappa shape index (κ2) is 9.86. The van der Waals surface area contributed by atoms with Crippen LogP contribution in [0.3, 0.4) is 0 Å². The number of ether oxygens (including phenoxy) is 5. The fraction of sp³-hybridized carbons (Fsp3) is 0.192. The fourth-order valence-electron chi connectivity index (χ4n) is 4.39. The smallest absolute Gasteiger partial charge is 0.497 e. The number of hydrogen-bond acceptors (Lipinski definition) is 9. The summed E-state index contributed by atoms with van der Waals surface area (Å²) in [6.07, 6.45) is -1.45. The van der Waals surface area contributed by atoms with Crippen molar-refractivity contribution in [2.24, 2.45) is 0 Å². The molecule has 1 N–H and O–H groups in total. The Kier molecular flexibility index (Phi) is 6.45. The summed E-state index contributed by atoms with van der Waals surface area (Å²) in [6, 6.07) is 14.6. The quantitative estimate of drug-likeness (QED) is 0.266. The lowest BCUT2D eigenvalue weighted by atomic mass is 10.0. The maximum absolute atomic E-state index is 11.9. The second-order valence-electron chi connectivity index (χ2n) is 8.00. The molecule has 0 saturated carbocycles. The van der Waals surface area contributed by atoms with E-state index in [9.17, 15) is 9.90 Å². The summed E-state index contributed by atoms with van der Waals surface area (Å²) in [7, 11) is 6.24. The van der Waals surface area contributed by atoms with E-state index in [1.165, 1.54) is 0 Å². The number of hydrogen-bond donors (Lipinski definition) is 1. The molecule has 0 fully saturated rings. The Morgan fingerprint density at radius 1 is 0.865 bits per heavy atom. The van der Waals surface area contributed by atoms with Gasteiger partial charge in [0, 0.05) is 17.0 Å². The molecule has 0 aliphatic rings. The number of nitrogens with zero attached hydrogens (tertiary/aromatic N) is 3. The summed E-state index contributed by atoms with van der Waals surface area (Å²) >= 11 is 1.11. The zero-order valence-electron chi connectivity index (χ0n) is 20.5. The Bertz CT molecular complexity index is 1630. The third-order valence-electron chi connectivity index (χ3n) is 6.06.